The standard InChI is InChI=1S/C27H29F3N6O3/c1-34-16-31-33-24(34)11-26(14-39-15-26)19-3-2-18-13-36(25(38)21(18)10-19)23-9-17(8-22(32-23)27(28,29)30)12-35-6-4-20(37)5-7-35/h2-3,8-10,16,20,37H,4-7,11-15H2,1H3. The summed E-state index contributed by atoms with van der Waals surface area (Å²) in [6.07, 6.45) is -1.65. The van der Waals surface area contributed by atoms with Crippen molar-refractivity contribution in [3.05, 3.63) is 70.4 Å². The minimum Gasteiger partial charge on any atom is -0.393 e. The van der Waals surface area contributed by atoms with Gasteiger partial charge in [-0.05, 0) is 47.7 Å². The van der Waals surface area contributed by atoms with Gasteiger partial charge in [0.1, 0.15) is 23.7 Å². The van der Waals surface area contributed by atoms with Crippen molar-refractivity contribution in [1.82, 2.24) is 24.6 Å². The van der Waals surface area contributed by atoms with Gasteiger partial charge in [-0.1, -0.05) is 12.1 Å². The van der Waals surface area contributed by atoms with E-state index in [2.05, 4.69) is 15.2 Å². The summed E-state index contributed by atoms with van der Waals surface area (Å²) in [5, 5.41) is 17.9. The summed E-state index contributed by atoms with van der Waals surface area (Å²) in [6, 6.07) is 8.29. The van der Waals surface area contributed by atoms with E-state index in [1.807, 2.05) is 34.7 Å². The van der Waals surface area contributed by atoms with Gasteiger partial charge in [0.25, 0.3) is 5.91 Å². The van der Waals surface area contributed by atoms with E-state index in [0.717, 1.165) is 23.0 Å². The number of piperidine rings is 1. The Morgan fingerprint density at radius 1 is 1.15 bits per heavy atom. The fourth-order valence-corrected chi connectivity index (χ4v) is 5.59. The van der Waals surface area contributed by atoms with E-state index in [9.17, 15) is 23.1 Å². The highest BCUT2D eigenvalue weighted by molar-refractivity contribution is 6.09. The van der Waals surface area contributed by atoms with Gasteiger partial charge in [0.15, 0.2) is 0 Å². The van der Waals surface area contributed by atoms with E-state index in [-0.39, 0.29) is 36.3 Å². The smallest absolute Gasteiger partial charge is 0.393 e. The molecule has 5 heterocycles. The van der Waals surface area contributed by atoms with Gasteiger partial charge in [0, 0.05) is 44.1 Å². The van der Waals surface area contributed by atoms with E-state index in [4.69, 9.17) is 4.74 Å². The molecule has 9 nitrogen and oxygen atoms in total. The Labute approximate surface area is 223 Å². The molecular weight excluding hydrogens is 513 g/mol. The molecule has 1 aromatic carbocycles. The Kier molecular flexibility index (Phi) is 6.43. The van der Waals surface area contributed by atoms with E-state index in [1.54, 1.807) is 12.4 Å². The summed E-state index contributed by atoms with van der Waals surface area (Å²) in [6.45, 7) is 2.57. The molecule has 0 radical (unpaired) electrons. The molecule has 1 N–H and O–H groups in total. The van der Waals surface area contributed by atoms with Gasteiger partial charge in [-0.15, -0.1) is 10.2 Å². The third kappa shape index (κ3) is 4.92. The number of alkyl halides is 3. The molecule has 2 fully saturated rings. The van der Waals surface area contributed by atoms with Crippen molar-refractivity contribution in [3.8, 4) is 0 Å². The number of benzene rings is 1. The Balaban J connectivity index is 1.28. The lowest BCUT2D eigenvalue weighted by Gasteiger charge is -2.41. The highest BCUT2D eigenvalue weighted by atomic mass is 19.4. The maximum absolute atomic E-state index is 13.8. The molecule has 0 atom stereocenters. The average Bonchev–Trinajstić information content (AvgIpc) is 3.44. The highest BCUT2D eigenvalue weighted by Crippen LogP contribution is 2.39. The van der Waals surface area contributed by atoms with Crippen LogP contribution in [0.4, 0.5) is 19.0 Å². The fourth-order valence-electron chi connectivity index (χ4n) is 5.59. The predicted octanol–water partition coefficient (Wildman–Crippen LogP) is 2.86. The van der Waals surface area contributed by atoms with Crippen molar-refractivity contribution in [2.75, 3.05) is 31.2 Å². The minimum absolute atomic E-state index is 0.0135. The zero-order chi connectivity index (χ0) is 27.4. The number of likely N-dealkylation sites (tertiary alicyclic amines) is 1. The molecule has 206 valence electrons. The number of aromatic nitrogens is 4. The molecule has 0 aliphatic carbocycles. The number of aliphatic hydroxyl groups excluding tert-OH is 1. The van der Waals surface area contributed by atoms with Crippen LogP contribution in [0, 0.1) is 0 Å². The minimum atomic E-state index is -4.65. The summed E-state index contributed by atoms with van der Waals surface area (Å²) in [5.74, 6) is 0.413. The van der Waals surface area contributed by atoms with Crippen LogP contribution in [0.25, 0.3) is 0 Å². The first-order chi connectivity index (χ1) is 18.6. The van der Waals surface area contributed by atoms with E-state index >= 15 is 0 Å². The van der Waals surface area contributed by atoms with Crippen LogP contribution in [0.3, 0.4) is 0 Å². The van der Waals surface area contributed by atoms with E-state index < -0.39 is 11.9 Å². The number of pyridine rings is 1. The molecule has 0 bridgehead atoms. The Hall–Kier alpha value is -3.35. The lowest BCUT2D eigenvalue weighted by atomic mass is 9.75. The van der Waals surface area contributed by atoms with Crippen LogP contribution in [0.1, 0.15) is 51.4 Å². The SMILES string of the molecule is Cn1cnnc1CC1(c2ccc3c(c2)C(=O)N(c2cc(CN4CCC(O)CC4)cc(C(F)(F)F)n2)C3)COC1. The average molecular weight is 543 g/mol. The Morgan fingerprint density at radius 3 is 2.56 bits per heavy atom. The zero-order valence-electron chi connectivity index (χ0n) is 21.5. The number of hydrogen-bond acceptors (Lipinski definition) is 7. The molecule has 0 spiro atoms. The van der Waals surface area contributed by atoms with Gasteiger partial charge in [0.2, 0.25) is 0 Å². The molecule has 39 heavy (non-hydrogen) atoms. The number of amides is 1. The molecule has 3 aliphatic rings. The summed E-state index contributed by atoms with van der Waals surface area (Å²) in [7, 11) is 1.87. The molecular formula is C27H29F3N6O3. The number of carbonyl (C=O) groups is 1. The third-order valence-corrected chi connectivity index (χ3v) is 7.99. The first-order valence-corrected chi connectivity index (χ1v) is 13.0. The van der Waals surface area contributed by atoms with Gasteiger partial charge in [-0.2, -0.15) is 13.2 Å². The van der Waals surface area contributed by atoms with Crippen LogP contribution >= 0.6 is 0 Å². The normalized spacial score (nSPS) is 19.8. The fraction of sp³-hybridized carbons (Fsp3) is 0.481. The van der Waals surface area contributed by atoms with Crippen LogP contribution in [-0.2, 0) is 42.9 Å². The van der Waals surface area contributed by atoms with Crippen molar-refractivity contribution in [2.45, 2.75) is 50.0 Å². The second-order valence-corrected chi connectivity index (χ2v) is 10.8. The van der Waals surface area contributed by atoms with Crippen LogP contribution in [0.5, 0.6) is 0 Å². The first kappa shape index (κ1) is 25.9. The third-order valence-electron chi connectivity index (χ3n) is 7.99. The maximum atomic E-state index is 13.8. The molecule has 3 aliphatic heterocycles. The summed E-state index contributed by atoms with van der Waals surface area (Å²) in [4.78, 5) is 20.8. The number of ether oxygens (including phenoxy) is 1. The number of nitrogens with zero attached hydrogens (tertiary/aromatic N) is 6. The Morgan fingerprint density at radius 2 is 1.92 bits per heavy atom. The van der Waals surface area contributed by atoms with E-state index in [1.165, 1.54) is 4.90 Å². The predicted molar refractivity (Wildman–Crippen MR) is 134 cm³/mol. The summed E-state index contributed by atoms with van der Waals surface area (Å²) >= 11 is 0. The van der Waals surface area contributed by atoms with E-state index in [0.29, 0.717) is 56.7 Å². The molecule has 12 heteroatoms. The lowest BCUT2D eigenvalue weighted by Crippen LogP contribution is -2.49. The molecule has 0 unspecified atom stereocenters. The topological polar surface area (TPSA) is 96.6 Å². The first-order valence-electron chi connectivity index (χ1n) is 13.0. The highest BCUT2D eigenvalue weighted by Gasteiger charge is 2.43. The number of carbonyl (C=O) groups excluding carboxylic acids is 1. The van der Waals surface area contributed by atoms with Gasteiger partial charge in [0.05, 0.1) is 25.9 Å². The van der Waals surface area contributed by atoms with Crippen molar-refractivity contribution in [1.29, 1.82) is 0 Å². The zero-order valence-corrected chi connectivity index (χ0v) is 21.5. The summed E-state index contributed by atoms with van der Waals surface area (Å²) in [5.41, 5.74) is 1.18. The van der Waals surface area contributed by atoms with Crippen molar-refractivity contribution in [3.63, 3.8) is 0 Å². The monoisotopic (exact) mass is 542 g/mol. The number of anilines is 1. The molecule has 6 rings (SSSR count). The molecule has 2 saturated heterocycles. The summed E-state index contributed by atoms with van der Waals surface area (Å²) < 4.78 is 48.8. The quantitative estimate of drug-likeness (QED) is 0.512. The van der Waals surface area contributed by atoms with Gasteiger partial charge < -0.3 is 14.4 Å². The largest absolute Gasteiger partial charge is 0.433 e. The van der Waals surface area contributed by atoms with Crippen LogP contribution in [-0.4, -0.2) is 68.1 Å². The van der Waals surface area contributed by atoms with Crippen LogP contribution < -0.4 is 4.90 Å². The number of hydrogen-bond donors (Lipinski definition) is 1. The lowest BCUT2D eigenvalue weighted by molar-refractivity contribution is -0.141. The molecule has 0 saturated carbocycles. The van der Waals surface area contributed by atoms with Crippen LogP contribution in [0.15, 0.2) is 36.7 Å². The number of fused-ring (bicyclic) bond motifs is 1. The molecule has 2 aromatic heterocycles. The number of aliphatic hydroxyl groups is 1. The van der Waals surface area contributed by atoms with Gasteiger partial charge in [-0.3, -0.25) is 14.6 Å². The number of rotatable bonds is 6. The second kappa shape index (κ2) is 9.68. The Bertz CT molecular complexity index is 1400. The second-order valence-electron chi connectivity index (χ2n) is 10.8. The van der Waals surface area contributed by atoms with Crippen LogP contribution in [0.2, 0.25) is 0 Å². The van der Waals surface area contributed by atoms with Gasteiger partial charge in [-0.25, -0.2) is 4.98 Å². The molecule has 3 aromatic rings. The number of aryl methyl sites for hydroxylation is 1. The van der Waals surface area contributed by atoms with Crippen molar-refractivity contribution in [2.24, 2.45) is 7.05 Å². The van der Waals surface area contributed by atoms with Crippen molar-refractivity contribution >= 4 is 11.7 Å². The molecule has 1 amide bonds. The maximum Gasteiger partial charge on any atom is 0.433 e. The van der Waals surface area contributed by atoms with Gasteiger partial charge >= 0.3 is 6.18 Å². The van der Waals surface area contributed by atoms with Crippen molar-refractivity contribution < 1.29 is 27.8 Å². The number of halogens is 3.